The fourth-order valence-corrected chi connectivity index (χ4v) is 5.84. The Morgan fingerprint density at radius 1 is 0.804 bits per heavy atom. The predicted molar refractivity (Wildman–Crippen MR) is 183 cm³/mol. The van der Waals surface area contributed by atoms with Crippen LogP contribution in [-0.2, 0) is 23.9 Å². The zero-order chi connectivity index (χ0) is 34.0. The average molecular weight is 651 g/mol. The summed E-state index contributed by atoms with van der Waals surface area (Å²) in [6.07, 6.45) is 23.2. The van der Waals surface area contributed by atoms with Crippen LogP contribution in [-0.4, -0.2) is 64.6 Å². The molecular formula is C38H66O8. The first-order chi connectivity index (χ1) is 22.1. The van der Waals surface area contributed by atoms with Gasteiger partial charge in [-0.2, -0.15) is 0 Å². The molecule has 5 atom stereocenters. The van der Waals surface area contributed by atoms with Gasteiger partial charge >= 0.3 is 11.9 Å². The molecular weight excluding hydrogens is 584 g/mol. The van der Waals surface area contributed by atoms with Crippen LogP contribution in [0.2, 0.25) is 0 Å². The molecule has 1 saturated carbocycles. The highest BCUT2D eigenvalue weighted by atomic mass is 16.6. The maximum atomic E-state index is 12.4. The normalized spacial score (nSPS) is 19.8. The third kappa shape index (κ3) is 21.7. The topological polar surface area (TPSA) is 130 Å². The van der Waals surface area contributed by atoms with Crippen LogP contribution in [0, 0.1) is 17.8 Å². The number of unbranched alkanes of at least 4 members (excludes halogenated alkanes) is 11. The third-order valence-corrected chi connectivity index (χ3v) is 8.74. The summed E-state index contributed by atoms with van der Waals surface area (Å²) in [6, 6.07) is 0. The van der Waals surface area contributed by atoms with Gasteiger partial charge in [0.05, 0.1) is 12.2 Å². The lowest BCUT2D eigenvalue weighted by atomic mass is 9.90. The van der Waals surface area contributed by atoms with Gasteiger partial charge in [0.15, 0.2) is 0 Å². The molecule has 1 aliphatic carbocycles. The number of ether oxygens (including phenoxy) is 2. The predicted octanol–water partition coefficient (Wildman–Crippen LogP) is 7.56. The van der Waals surface area contributed by atoms with Crippen molar-refractivity contribution in [3.05, 3.63) is 24.3 Å². The minimum absolute atomic E-state index is 0.00162. The standard InChI is InChI=1S/C38H66O8/c1-4-5-15-21-31(39)25-26-34-33(35(41)27-36(34)42)22-17-13-14-19-24-38(44)46-29-32(40)28-45-37(43)23-18-12-10-8-6-7-9-11-16-20-30(2)3/h13,17,25-26,30-35,39-41H,4-12,14-16,18-24,27-29H2,1-3H3/b17-13-,26-25+/t31-,32+,33+,34+,35-/m0/s1. The molecule has 0 aromatic carbocycles. The van der Waals surface area contributed by atoms with E-state index < -0.39 is 30.2 Å². The van der Waals surface area contributed by atoms with Gasteiger partial charge in [-0.05, 0) is 38.0 Å². The van der Waals surface area contributed by atoms with Crippen molar-refractivity contribution in [1.82, 2.24) is 0 Å². The summed E-state index contributed by atoms with van der Waals surface area (Å²) in [5, 5.41) is 30.5. The molecule has 266 valence electrons. The van der Waals surface area contributed by atoms with Crippen molar-refractivity contribution in [3.63, 3.8) is 0 Å². The number of Topliss-reactive ketones (excluding diaryl/α,β-unsaturated/α-hetero) is 1. The van der Waals surface area contributed by atoms with E-state index in [-0.39, 0.29) is 43.7 Å². The Balaban J connectivity index is 2.09. The number of ketones is 1. The smallest absolute Gasteiger partial charge is 0.305 e. The van der Waals surface area contributed by atoms with Crippen LogP contribution in [0.4, 0.5) is 0 Å². The number of carbonyl (C=O) groups excluding carboxylic acids is 3. The minimum Gasteiger partial charge on any atom is -0.463 e. The first-order valence-corrected chi connectivity index (χ1v) is 18.3. The molecule has 46 heavy (non-hydrogen) atoms. The van der Waals surface area contributed by atoms with Gasteiger partial charge in [-0.3, -0.25) is 14.4 Å². The van der Waals surface area contributed by atoms with Crippen LogP contribution < -0.4 is 0 Å². The highest BCUT2D eigenvalue weighted by molar-refractivity contribution is 5.86. The maximum absolute atomic E-state index is 12.4. The Hall–Kier alpha value is -2.03. The Morgan fingerprint density at radius 2 is 1.37 bits per heavy atom. The van der Waals surface area contributed by atoms with E-state index in [1.54, 1.807) is 12.2 Å². The summed E-state index contributed by atoms with van der Waals surface area (Å²) in [6.45, 7) is 6.26. The van der Waals surface area contributed by atoms with Gasteiger partial charge in [0.2, 0.25) is 0 Å². The number of allylic oxidation sites excluding steroid dienone is 3. The molecule has 0 saturated heterocycles. The number of hydrogen-bond donors (Lipinski definition) is 3. The Labute approximate surface area is 279 Å². The van der Waals surface area contributed by atoms with Crippen molar-refractivity contribution in [2.24, 2.45) is 17.8 Å². The van der Waals surface area contributed by atoms with Crippen molar-refractivity contribution in [2.75, 3.05) is 13.2 Å². The van der Waals surface area contributed by atoms with Crippen LogP contribution in [0.1, 0.15) is 149 Å². The second kappa shape index (κ2) is 27.0. The lowest BCUT2D eigenvalue weighted by Crippen LogP contribution is -2.25. The van der Waals surface area contributed by atoms with Crippen molar-refractivity contribution in [1.29, 1.82) is 0 Å². The monoisotopic (exact) mass is 650 g/mol. The van der Waals surface area contributed by atoms with E-state index in [0.29, 0.717) is 32.1 Å². The molecule has 1 aliphatic rings. The van der Waals surface area contributed by atoms with Gasteiger partial charge < -0.3 is 24.8 Å². The van der Waals surface area contributed by atoms with Gasteiger partial charge in [0.25, 0.3) is 0 Å². The van der Waals surface area contributed by atoms with Crippen LogP contribution in [0.15, 0.2) is 24.3 Å². The fraction of sp³-hybridized carbons (Fsp3) is 0.816. The summed E-state index contributed by atoms with van der Waals surface area (Å²) in [7, 11) is 0. The number of aliphatic hydroxyl groups is 3. The van der Waals surface area contributed by atoms with Gasteiger partial charge in [0.1, 0.15) is 25.1 Å². The SMILES string of the molecule is CCCCC[C@H](O)/C=C/[C@H]1C(=O)C[C@H](O)[C@@H]1C/C=C\CCCC(=O)OC[C@H](O)COC(=O)CCCCCCCCCCCC(C)C. The summed E-state index contributed by atoms with van der Waals surface area (Å²) in [5.74, 6) is -0.564. The van der Waals surface area contributed by atoms with Crippen molar-refractivity contribution < 1.29 is 39.2 Å². The van der Waals surface area contributed by atoms with Crippen molar-refractivity contribution in [3.8, 4) is 0 Å². The largest absolute Gasteiger partial charge is 0.463 e. The van der Waals surface area contributed by atoms with Crippen LogP contribution >= 0.6 is 0 Å². The van der Waals surface area contributed by atoms with E-state index >= 15 is 0 Å². The molecule has 0 aromatic heterocycles. The summed E-state index contributed by atoms with van der Waals surface area (Å²) >= 11 is 0. The van der Waals surface area contributed by atoms with E-state index in [1.807, 2.05) is 12.2 Å². The molecule has 0 heterocycles. The number of esters is 2. The van der Waals surface area contributed by atoms with Gasteiger partial charge in [-0.15, -0.1) is 0 Å². The molecule has 8 heteroatoms. The van der Waals surface area contributed by atoms with Crippen molar-refractivity contribution in [2.45, 2.75) is 167 Å². The maximum Gasteiger partial charge on any atom is 0.305 e. The molecule has 0 aromatic rings. The molecule has 1 rings (SSSR count). The number of aliphatic hydroxyl groups excluding tert-OH is 3. The van der Waals surface area contributed by atoms with E-state index in [9.17, 15) is 29.7 Å². The van der Waals surface area contributed by atoms with Gasteiger partial charge in [-0.1, -0.05) is 122 Å². The Kier molecular flexibility index (Phi) is 24.6. The minimum atomic E-state index is -1.05. The molecule has 3 N–H and O–H groups in total. The second-order valence-corrected chi connectivity index (χ2v) is 13.6. The molecule has 1 fully saturated rings. The molecule has 0 spiro atoms. The molecule has 0 radical (unpaired) electrons. The zero-order valence-electron chi connectivity index (χ0n) is 29.2. The molecule has 0 amide bonds. The van der Waals surface area contributed by atoms with E-state index in [2.05, 4.69) is 20.8 Å². The summed E-state index contributed by atoms with van der Waals surface area (Å²) in [4.78, 5) is 36.4. The first-order valence-electron chi connectivity index (χ1n) is 18.3. The molecule has 0 aliphatic heterocycles. The first kappa shape index (κ1) is 42.0. The lowest BCUT2D eigenvalue weighted by molar-refractivity contribution is -0.152. The number of rotatable bonds is 28. The summed E-state index contributed by atoms with van der Waals surface area (Å²) in [5.41, 5.74) is 0. The van der Waals surface area contributed by atoms with E-state index in [0.717, 1.165) is 44.4 Å². The van der Waals surface area contributed by atoms with Crippen molar-refractivity contribution >= 4 is 17.7 Å². The average Bonchev–Trinajstić information content (AvgIpc) is 3.29. The quantitative estimate of drug-likeness (QED) is 0.0449. The summed E-state index contributed by atoms with van der Waals surface area (Å²) < 4.78 is 10.2. The molecule has 8 nitrogen and oxygen atoms in total. The van der Waals surface area contributed by atoms with Gasteiger partial charge in [0, 0.05) is 31.1 Å². The lowest BCUT2D eigenvalue weighted by Gasteiger charge is -2.17. The third-order valence-electron chi connectivity index (χ3n) is 8.74. The van der Waals surface area contributed by atoms with Crippen LogP contribution in [0.5, 0.6) is 0 Å². The van der Waals surface area contributed by atoms with Crippen LogP contribution in [0.25, 0.3) is 0 Å². The second-order valence-electron chi connectivity index (χ2n) is 13.6. The van der Waals surface area contributed by atoms with E-state index in [1.165, 1.54) is 44.9 Å². The Bertz CT molecular complexity index is 867. The Morgan fingerprint density at radius 3 is 1.98 bits per heavy atom. The molecule has 0 bridgehead atoms. The number of carbonyl (C=O) groups is 3. The number of hydrogen-bond acceptors (Lipinski definition) is 8. The highest BCUT2D eigenvalue weighted by Gasteiger charge is 2.39. The van der Waals surface area contributed by atoms with E-state index in [4.69, 9.17) is 9.47 Å². The fourth-order valence-electron chi connectivity index (χ4n) is 5.84. The van der Waals surface area contributed by atoms with Crippen LogP contribution in [0.3, 0.4) is 0 Å². The highest BCUT2D eigenvalue weighted by Crippen LogP contribution is 2.33. The van der Waals surface area contributed by atoms with Gasteiger partial charge in [-0.25, -0.2) is 0 Å². The zero-order valence-corrected chi connectivity index (χ0v) is 29.2. The molecule has 0 unspecified atom stereocenters.